The Kier molecular flexibility index (Phi) is 6.24. The lowest BCUT2D eigenvalue weighted by atomic mass is 10.0. The van der Waals surface area contributed by atoms with Gasteiger partial charge in [-0.3, -0.25) is 0 Å². The molecule has 0 heterocycles. The molecule has 23 heavy (non-hydrogen) atoms. The number of benzene rings is 2. The molecule has 0 aliphatic carbocycles. The molecular weight excluding hydrogens is 308 g/mol. The molecule has 0 unspecified atom stereocenters. The summed E-state index contributed by atoms with van der Waals surface area (Å²) >= 11 is 5.84. The Morgan fingerprint density at radius 3 is 2.22 bits per heavy atom. The van der Waals surface area contributed by atoms with Crippen molar-refractivity contribution >= 4 is 29.4 Å². The maximum absolute atomic E-state index is 12.1. The molecule has 0 aliphatic heterocycles. The van der Waals surface area contributed by atoms with Gasteiger partial charge < -0.3 is 10.6 Å². The molecule has 0 saturated carbocycles. The van der Waals surface area contributed by atoms with Crippen molar-refractivity contribution in [1.29, 1.82) is 0 Å². The summed E-state index contributed by atoms with van der Waals surface area (Å²) in [5, 5.41) is 6.38. The molecule has 0 aromatic heterocycles. The van der Waals surface area contributed by atoms with E-state index in [1.54, 1.807) is 6.20 Å². The Bertz CT molecular complexity index is 671. The highest BCUT2D eigenvalue weighted by Gasteiger charge is 2.08. The van der Waals surface area contributed by atoms with Crippen molar-refractivity contribution in [3.8, 4) is 0 Å². The number of hydrogen-bond acceptors (Lipinski definition) is 1. The third-order valence-corrected chi connectivity index (χ3v) is 3.85. The lowest BCUT2D eigenvalue weighted by Gasteiger charge is -2.14. The summed E-state index contributed by atoms with van der Waals surface area (Å²) in [5.74, 6) is 0. The first-order chi connectivity index (χ1) is 11.1. The summed E-state index contributed by atoms with van der Waals surface area (Å²) in [6.45, 7) is 4.16. The third kappa shape index (κ3) is 4.86. The number of amides is 2. The van der Waals surface area contributed by atoms with Crippen molar-refractivity contribution in [3.05, 3.63) is 70.4 Å². The highest BCUT2D eigenvalue weighted by molar-refractivity contribution is 6.30. The molecule has 0 radical (unpaired) electrons. The summed E-state index contributed by atoms with van der Waals surface area (Å²) in [6, 6.07) is 13.3. The summed E-state index contributed by atoms with van der Waals surface area (Å²) in [4.78, 5) is 12.1. The standard InChI is InChI=1S/C19H21ClN2O/c1-3-15-6-5-7-16(4-2)18(15)22-19(23)21-13-12-14-8-10-17(20)11-9-14/h5-13H,3-4H2,1-2H3,(H2,21,22,23)/b13-12+. The van der Waals surface area contributed by atoms with Gasteiger partial charge >= 0.3 is 6.03 Å². The molecule has 2 aromatic rings. The molecule has 0 bridgehead atoms. The average Bonchev–Trinajstić information content (AvgIpc) is 2.57. The van der Waals surface area contributed by atoms with Crippen molar-refractivity contribution in [2.24, 2.45) is 0 Å². The van der Waals surface area contributed by atoms with Gasteiger partial charge in [-0.1, -0.05) is 55.8 Å². The molecule has 0 aliphatic rings. The van der Waals surface area contributed by atoms with E-state index in [9.17, 15) is 4.79 Å². The number of aryl methyl sites for hydroxylation is 2. The summed E-state index contributed by atoms with van der Waals surface area (Å²) in [7, 11) is 0. The second-order valence-electron chi connectivity index (χ2n) is 5.14. The predicted molar refractivity (Wildman–Crippen MR) is 97.8 cm³/mol. The quantitative estimate of drug-likeness (QED) is 0.772. The molecule has 2 amide bonds. The van der Waals surface area contributed by atoms with Crippen LogP contribution in [0.4, 0.5) is 10.5 Å². The molecule has 2 N–H and O–H groups in total. The van der Waals surface area contributed by atoms with E-state index < -0.39 is 0 Å². The summed E-state index contributed by atoms with van der Waals surface area (Å²) in [5.41, 5.74) is 4.16. The van der Waals surface area contributed by atoms with Crippen molar-refractivity contribution in [2.75, 3.05) is 5.32 Å². The smallest absolute Gasteiger partial charge is 0.314 e. The number of hydrogen-bond donors (Lipinski definition) is 2. The zero-order valence-electron chi connectivity index (χ0n) is 13.4. The SMILES string of the molecule is CCc1cccc(CC)c1NC(=O)N/C=C/c1ccc(Cl)cc1. The van der Waals surface area contributed by atoms with Crippen LogP contribution in [0, 0.1) is 0 Å². The molecule has 120 valence electrons. The first-order valence-electron chi connectivity index (χ1n) is 7.74. The van der Waals surface area contributed by atoms with Gasteiger partial charge in [0.2, 0.25) is 0 Å². The number of halogens is 1. The number of anilines is 1. The Labute approximate surface area is 142 Å². The monoisotopic (exact) mass is 328 g/mol. The van der Waals surface area contributed by atoms with Crippen LogP contribution in [0.1, 0.15) is 30.5 Å². The van der Waals surface area contributed by atoms with E-state index in [4.69, 9.17) is 11.6 Å². The van der Waals surface area contributed by atoms with Gasteiger partial charge in [0.25, 0.3) is 0 Å². The van der Waals surface area contributed by atoms with Crippen LogP contribution in [-0.4, -0.2) is 6.03 Å². The molecule has 4 heteroatoms. The summed E-state index contributed by atoms with van der Waals surface area (Å²) < 4.78 is 0. The lowest BCUT2D eigenvalue weighted by Crippen LogP contribution is -2.25. The van der Waals surface area contributed by atoms with Crippen LogP contribution in [0.3, 0.4) is 0 Å². The van der Waals surface area contributed by atoms with Gasteiger partial charge in [-0.15, -0.1) is 0 Å². The van der Waals surface area contributed by atoms with Crippen molar-refractivity contribution in [2.45, 2.75) is 26.7 Å². The van der Waals surface area contributed by atoms with E-state index in [0.29, 0.717) is 5.02 Å². The molecular formula is C19H21ClN2O. The van der Waals surface area contributed by atoms with Crippen LogP contribution < -0.4 is 10.6 Å². The van der Waals surface area contributed by atoms with E-state index in [0.717, 1.165) is 35.2 Å². The van der Waals surface area contributed by atoms with Crippen LogP contribution in [-0.2, 0) is 12.8 Å². The van der Waals surface area contributed by atoms with Gasteiger partial charge in [-0.2, -0.15) is 0 Å². The lowest BCUT2D eigenvalue weighted by molar-refractivity contribution is 0.255. The molecule has 0 spiro atoms. The van der Waals surface area contributed by atoms with Crippen molar-refractivity contribution < 1.29 is 4.79 Å². The van der Waals surface area contributed by atoms with E-state index >= 15 is 0 Å². The Morgan fingerprint density at radius 1 is 1.04 bits per heavy atom. The van der Waals surface area contributed by atoms with Gasteiger partial charge in [0.15, 0.2) is 0 Å². The maximum Gasteiger partial charge on any atom is 0.323 e. The minimum atomic E-state index is -0.245. The van der Waals surface area contributed by atoms with E-state index in [-0.39, 0.29) is 6.03 Å². The van der Waals surface area contributed by atoms with Crippen LogP contribution in [0.5, 0.6) is 0 Å². The zero-order chi connectivity index (χ0) is 16.7. The topological polar surface area (TPSA) is 41.1 Å². The second-order valence-corrected chi connectivity index (χ2v) is 5.58. The fraction of sp³-hybridized carbons (Fsp3) is 0.211. The molecule has 2 aromatic carbocycles. The van der Waals surface area contributed by atoms with E-state index in [2.05, 4.69) is 24.5 Å². The number of nitrogens with one attached hydrogen (secondary N) is 2. The van der Waals surface area contributed by atoms with Crippen molar-refractivity contribution in [1.82, 2.24) is 5.32 Å². The van der Waals surface area contributed by atoms with Crippen LogP contribution in [0.2, 0.25) is 5.02 Å². The van der Waals surface area contributed by atoms with Crippen LogP contribution in [0.25, 0.3) is 6.08 Å². The van der Waals surface area contributed by atoms with Crippen LogP contribution >= 0.6 is 11.6 Å². The number of carbonyl (C=O) groups excluding carboxylic acids is 1. The Hall–Kier alpha value is -2.26. The van der Waals surface area contributed by atoms with Gasteiger partial charge in [-0.05, 0) is 47.7 Å². The largest absolute Gasteiger partial charge is 0.323 e. The zero-order valence-corrected chi connectivity index (χ0v) is 14.2. The first kappa shape index (κ1) is 17.1. The van der Waals surface area contributed by atoms with Crippen LogP contribution in [0.15, 0.2) is 48.7 Å². The van der Waals surface area contributed by atoms with Gasteiger partial charge in [0, 0.05) is 16.9 Å². The minimum absolute atomic E-state index is 0.245. The molecule has 0 atom stereocenters. The maximum atomic E-state index is 12.1. The molecule has 0 fully saturated rings. The van der Waals surface area contributed by atoms with Crippen molar-refractivity contribution in [3.63, 3.8) is 0 Å². The highest BCUT2D eigenvalue weighted by atomic mass is 35.5. The first-order valence-corrected chi connectivity index (χ1v) is 8.12. The number of urea groups is 1. The predicted octanol–water partition coefficient (Wildman–Crippen LogP) is 5.26. The fourth-order valence-corrected chi connectivity index (χ4v) is 2.47. The highest BCUT2D eigenvalue weighted by Crippen LogP contribution is 2.22. The van der Waals surface area contributed by atoms with Gasteiger partial charge in [0.1, 0.15) is 0 Å². The Morgan fingerprint density at radius 2 is 1.65 bits per heavy atom. The van der Waals surface area contributed by atoms with Gasteiger partial charge in [-0.25, -0.2) is 4.79 Å². The normalized spacial score (nSPS) is 10.7. The molecule has 3 nitrogen and oxygen atoms in total. The second kappa shape index (κ2) is 8.39. The number of para-hydroxylation sites is 1. The average molecular weight is 329 g/mol. The molecule has 2 rings (SSSR count). The fourth-order valence-electron chi connectivity index (χ4n) is 2.34. The third-order valence-electron chi connectivity index (χ3n) is 3.60. The number of carbonyl (C=O) groups is 1. The Balaban J connectivity index is 2.01. The number of rotatable bonds is 5. The molecule has 0 saturated heterocycles. The summed E-state index contributed by atoms with van der Waals surface area (Å²) in [6.07, 6.45) is 5.20. The van der Waals surface area contributed by atoms with E-state index in [1.165, 1.54) is 0 Å². The van der Waals surface area contributed by atoms with E-state index in [1.807, 2.05) is 48.5 Å². The minimum Gasteiger partial charge on any atom is -0.314 e. The van der Waals surface area contributed by atoms with Gasteiger partial charge in [0.05, 0.1) is 0 Å².